The molecule has 0 atom stereocenters. The van der Waals surface area contributed by atoms with Crippen molar-refractivity contribution in [3.05, 3.63) is 46.0 Å². The summed E-state index contributed by atoms with van der Waals surface area (Å²) in [7, 11) is 0. The number of carbonyl (C=O) groups excluding carboxylic acids is 1. The Labute approximate surface area is 205 Å². The van der Waals surface area contributed by atoms with E-state index >= 15 is 0 Å². The molecule has 1 N–H and O–H groups in total. The first-order valence-corrected chi connectivity index (χ1v) is 12.4. The van der Waals surface area contributed by atoms with Gasteiger partial charge in [-0.25, -0.2) is 9.97 Å². The molecule has 2 fully saturated rings. The molecule has 0 unspecified atom stereocenters. The highest BCUT2D eigenvalue weighted by atomic mass is 16.1. The number of hydrogen-bond acceptors (Lipinski definition) is 8. The number of carbonyl (C=O) groups is 1. The van der Waals surface area contributed by atoms with Gasteiger partial charge in [-0.3, -0.25) is 19.1 Å². The first-order chi connectivity index (χ1) is 16.7. The van der Waals surface area contributed by atoms with Gasteiger partial charge in [-0.2, -0.15) is 4.98 Å². The summed E-state index contributed by atoms with van der Waals surface area (Å²) in [5, 5.41) is 3.86. The van der Waals surface area contributed by atoms with Crippen LogP contribution in [-0.2, 0) is 0 Å². The Morgan fingerprint density at radius 1 is 1.17 bits per heavy atom. The van der Waals surface area contributed by atoms with E-state index in [0.717, 1.165) is 31.9 Å². The van der Waals surface area contributed by atoms with E-state index < -0.39 is 0 Å². The highest BCUT2D eigenvalue weighted by molar-refractivity contribution is 5.99. The second-order valence-electron chi connectivity index (χ2n) is 10.0. The van der Waals surface area contributed by atoms with Gasteiger partial charge in [0.15, 0.2) is 5.78 Å². The topological polar surface area (TPSA) is 96.2 Å². The van der Waals surface area contributed by atoms with Gasteiger partial charge in [-0.15, -0.1) is 0 Å². The van der Waals surface area contributed by atoms with E-state index in [1.807, 2.05) is 26.1 Å². The van der Waals surface area contributed by atoms with Crippen LogP contribution in [0.25, 0.3) is 11.0 Å². The quantitative estimate of drug-likeness (QED) is 0.539. The summed E-state index contributed by atoms with van der Waals surface area (Å²) in [6.07, 6.45) is 6.12. The molecule has 2 aliphatic rings. The monoisotopic (exact) mass is 475 g/mol. The Hall–Kier alpha value is -3.33. The van der Waals surface area contributed by atoms with Gasteiger partial charge in [0.2, 0.25) is 5.95 Å². The number of likely N-dealkylation sites (N-methyl/N-ethyl adjacent to an activating group) is 1. The predicted octanol–water partition coefficient (Wildman–Crippen LogP) is 3.70. The lowest BCUT2D eigenvalue weighted by molar-refractivity contribution is 0.101. The molecule has 1 saturated heterocycles. The molecule has 184 valence electrons. The summed E-state index contributed by atoms with van der Waals surface area (Å²) < 4.78 is 1.56. The number of ketones is 1. The molecule has 3 aromatic heterocycles. The van der Waals surface area contributed by atoms with Crippen molar-refractivity contribution >= 4 is 34.3 Å². The van der Waals surface area contributed by atoms with Gasteiger partial charge in [0.05, 0.1) is 17.4 Å². The molecule has 3 aromatic rings. The minimum atomic E-state index is -0.318. The van der Waals surface area contributed by atoms with Crippen molar-refractivity contribution < 1.29 is 4.79 Å². The molecule has 1 saturated carbocycles. The third kappa shape index (κ3) is 4.07. The Kier molecular flexibility index (Phi) is 5.83. The van der Waals surface area contributed by atoms with E-state index in [1.54, 1.807) is 17.7 Å². The highest BCUT2D eigenvalue weighted by Crippen LogP contribution is 2.44. The van der Waals surface area contributed by atoms with Gasteiger partial charge < -0.3 is 10.2 Å². The molecule has 9 nitrogen and oxygen atoms in total. The fourth-order valence-corrected chi connectivity index (χ4v) is 5.39. The lowest BCUT2D eigenvalue weighted by Gasteiger charge is -2.42. The standard InChI is InChI=1S/C26H33N7O2/c1-6-32-12-11-31(15-26(32)9-10-26)19-7-8-21(27-13-19)29-25-28-14-20-17(4)22(18(5)34)24(35)33(16(2)3)23(20)30-25/h7-8,13-14,16H,6,9-12,15H2,1-5H3,(H,27,28,29,30). The predicted molar refractivity (Wildman–Crippen MR) is 138 cm³/mol. The summed E-state index contributed by atoms with van der Waals surface area (Å²) in [5.74, 6) is 0.742. The van der Waals surface area contributed by atoms with Crippen molar-refractivity contribution in [2.24, 2.45) is 0 Å². The summed E-state index contributed by atoms with van der Waals surface area (Å²) in [6, 6.07) is 3.86. The highest BCUT2D eigenvalue weighted by Gasteiger charge is 2.50. The minimum absolute atomic E-state index is 0.160. The van der Waals surface area contributed by atoms with Gasteiger partial charge in [-0.05, 0) is 64.8 Å². The van der Waals surface area contributed by atoms with Gasteiger partial charge in [0, 0.05) is 42.8 Å². The second-order valence-corrected chi connectivity index (χ2v) is 10.0. The Morgan fingerprint density at radius 2 is 1.94 bits per heavy atom. The van der Waals surface area contributed by atoms with Crippen LogP contribution in [0.1, 0.15) is 62.5 Å². The summed E-state index contributed by atoms with van der Waals surface area (Å²) in [6.45, 7) is 13.5. The van der Waals surface area contributed by atoms with Crippen molar-refractivity contribution in [3.8, 4) is 0 Å². The Morgan fingerprint density at radius 3 is 2.54 bits per heavy atom. The summed E-state index contributed by atoms with van der Waals surface area (Å²) in [5.41, 5.74) is 2.47. The number of fused-ring (bicyclic) bond motifs is 1. The summed E-state index contributed by atoms with van der Waals surface area (Å²) in [4.78, 5) is 44.0. The Bertz CT molecular complexity index is 1340. The number of pyridine rings is 2. The molecule has 1 spiro atoms. The van der Waals surface area contributed by atoms with Gasteiger partial charge in [0.1, 0.15) is 11.5 Å². The number of piperazine rings is 1. The van der Waals surface area contributed by atoms with E-state index in [9.17, 15) is 9.59 Å². The number of anilines is 3. The summed E-state index contributed by atoms with van der Waals surface area (Å²) >= 11 is 0. The van der Waals surface area contributed by atoms with Crippen molar-refractivity contribution in [1.82, 2.24) is 24.4 Å². The average Bonchev–Trinajstić information content (AvgIpc) is 3.58. The van der Waals surface area contributed by atoms with Crippen molar-refractivity contribution in [2.75, 3.05) is 36.4 Å². The first-order valence-electron chi connectivity index (χ1n) is 12.4. The van der Waals surface area contributed by atoms with E-state index in [2.05, 4.69) is 43.1 Å². The van der Waals surface area contributed by atoms with Crippen LogP contribution in [0.2, 0.25) is 0 Å². The van der Waals surface area contributed by atoms with E-state index in [0.29, 0.717) is 33.9 Å². The van der Waals surface area contributed by atoms with Gasteiger partial charge in [-0.1, -0.05) is 6.92 Å². The maximum Gasteiger partial charge on any atom is 0.263 e. The van der Waals surface area contributed by atoms with Gasteiger partial charge >= 0.3 is 0 Å². The molecule has 1 aliphatic carbocycles. The number of nitrogens with zero attached hydrogens (tertiary/aromatic N) is 6. The van der Waals surface area contributed by atoms with E-state index in [4.69, 9.17) is 0 Å². The molecular formula is C26H33N7O2. The van der Waals surface area contributed by atoms with E-state index in [1.165, 1.54) is 19.8 Å². The lowest BCUT2D eigenvalue weighted by atomic mass is 10.0. The maximum atomic E-state index is 13.1. The maximum absolute atomic E-state index is 13.1. The zero-order valence-corrected chi connectivity index (χ0v) is 21.1. The molecule has 5 rings (SSSR count). The smallest absolute Gasteiger partial charge is 0.263 e. The second kappa shape index (κ2) is 8.71. The van der Waals surface area contributed by atoms with Crippen LogP contribution in [0.5, 0.6) is 0 Å². The van der Waals surface area contributed by atoms with Crippen molar-refractivity contribution in [2.45, 2.75) is 59.0 Å². The molecule has 9 heteroatoms. The molecule has 0 radical (unpaired) electrons. The third-order valence-electron chi connectivity index (χ3n) is 7.43. The number of Topliss-reactive ketones (excluding diaryl/α,β-unsaturated/α-hetero) is 1. The number of aryl methyl sites for hydroxylation is 1. The van der Waals surface area contributed by atoms with Crippen LogP contribution in [0.4, 0.5) is 17.5 Å². The first kappa shape index (κ1) is 23.4. The number of hydrogen-bond donors (Lipinski definition) is 1. The van der Waals surface area contributed by atoms with Crippen molar-refractivity contribution in [1.29, 1.82) is 0 Å². The molecule has 0 amide bonds. The fourth-order valence-electron chi connectivity index (χ4n) is 5.39. The van der Waals surface area contributed by atoms with Crippen molar-refractivity contribution in [3.63, 3.8) is 0 Å². The van der Waals surface area contributed by atoms with Crippen LogP contribution in [0.3, 0.4) is 0 Å². The SMILES string of the molecule is CCN1CCN(c2ccc(Nc3ncc4c(C)c(C(C)=O)c(=O)n(C(C)C)c4n3)nc2)CC12CC2. The van der Waals surface area contributed by atoms with Crippen LogP contribution in [0, 0.1) is 6.92 Å². The van der Waals surface area contributed by atoms with Crippen LogP contribution in [-0.4, -0.2) is 61.9 Å². The third-order valence-corrected chi connectivity index (χ3v) is 7.43. The fraction of sp³-hybridized carbons (Fsp3) is 0.500. The molecule has 4 heterocycles. The number of aromatic nitrogens is 4. The van der Waals surface area contributed by atoms with Gasteiger partial charge in [0.25, 0.3) is 5.56 Å². The molecular weight excluding hydrogens is 442 g/mol. The number of rotatable bonds is 6. The molecule has 0 bridgehead atoms. The van der Waals surface area contributed by atoms with Crippen LogP contribution in [0.15, 0.2) is 29.3 Å². The average molecular weight is 476 g/mol. The molecule has 35 heavy (non-hydrogen) atoms. The zero-order chi connectivity index (χ0) is 24.9. The molecule has 1 aliphatic heterocycles. The van der Waals surface area contributed by atoms with Crippen LogP contribution >= 0.6 is 0 Å². The Balaban J connectivity index is 1.41. The zero-order valence-electron chi connectivity index (χ0n) is 21.1. The lowest BCUT2D eigenvalue weighted by Crippen LogP contribution is -2.54. The van der Waals surface area contributed by atoms with E-state index in [-0.39, 0.29) is 22.9 Å². The minimum Gasteiger partial charge on any atom is -0.367 e. The largest absolute Gasteiger partial charge is 0.367 e. The van der Waals surface area contributed by atoms with Crippen LogP contribution < -0.4 is 15.8 Å². The number of nitrogens with one attached hydrogen (secondary N) is 1. The normalized spacial score (nSPS) is 17.4. The molecule has 0 aromatic carbocycles.